The van der Waals surface area contributed by atoms with E-state index in [1.54, 1.807) is 0 Å². The Hall–Kier alpha value is -9.65. The number of aromatic nitrogens is 2. The van der Waals surface area contributed by atoms with E-state index in [0.29, 0.717) is 0 Å². The molecule has 4 aliphatic rings. The molecule has 0 bridgehead atoms. The summed E-state index contributed by atoms with van der Waals surface area (Å²) in [6, 6.07) is 85.3. The second-order valence-corrected chi connectivity index (χ2v) is 22.8. The minimum atomic E-state index is -0.113. The van der Waals surface area contributed by atoms with Gasteiger partial charge in [0.25, 0.3) is 13.4 Å². The average molecular weight is 1030 g/mol. The van der Waals surface area contributed by atoms with Gasteiger partial charge in [-0.2, -0.15) is 0 Å². The van der Waals surface area contributed by atoms with Gasteiger partial charge in [-0.1, -0.05) is 155 Å². The molecule has 6 heterocycles. The second-order valence-electron chi connectivity index (χ2n) is 22.8. The molecule has 0 saturated heterocycles. The Morgan fingerprint density at radius 2 is 0.812 bits per heavy atom. The number of ether oxygens (including phenoxy) is 1. The van der Waals surface area contributed by atoms with Gasteiger partial charge < -0.3 is 29.0 Å². The summed E-state index contributed by atoms with van der Waals surface area (Å²) in [4.78, 5) is 4.79. The predicted octanol–water partition coefficient (Wildman–Crippen LogP) is 14.9. The summed E-state index contributed by atoms with van der Waals surface area (Å²) in [7, 11) is 0. The highest BCUT2D eigenvalue weighted by Gasteiger charge is 2.46. The molecule has 0 aliphatic carbocycles. The molecule has 11 aromatic carbocycles. The van der Waals surface area contributed by atoms with Crippen molar-refractivity contribution in [3.05, 3.63) is 242 Å². The summed E-state index contributed by atoms with van der Waals surface area (Å²) in [5, 5.41) is 9.32. The van der Waals surface area contributed by atoms with Gasteiger partial charge in [0.2, 0.25) is 0 Å². The number of hydrogen-bond acceptors (Lipinski definition) is 4. The van der Waals surface area contributed by atoms with Crippen LogP contribution in [-0.4, -0.2) is 22.6 Å². The maximum absolute atomic E-state index is 7.46. The van der Waals surface area contributed by atoms with E-state index in [1.807, 2.05) is 0 Å². The van der Waals surface area contributed by atoms with E-state index in [2.05, 4.69) is 282 Å². The molecule has 1 N–H and O–H groups in total. The van der Waals surface area contributed by atoms with Gasteiger partial charge in [-0.05, 0) is 153 Å². The molecule has 13 aromatic rings. The normalized spacial score (nSPS) is 13.1. The molecule has 6 nitrogen and oxygen atoms in total. The summed E-state index contributed by atoms with van der Waals surface area (Å²) in [5.74, 6) is 2.37. The molecule has 8 heteroatoms. The Balaban J connectivity index is 0.938. The Labute approximate surface area is 465 Å². The molecule has 4 aliphatic heterocycles. The van der Waals surface area contributed by atoms with Crippen LogP contribution in [0.4, 0.5) is 45.5 Å². The first-order valence-electron chi connectivity index (χ1n) is 28.3. The quantitative estimate of drug-likeness (QED) is 0.154. The molecule has 0 atom stereocenters. The van der Waals surface area contributed by atoms with Gasteiger partial charge in [-0.3, -0.25) is 0 Å². The van der Waals surface area contributed by atoms with E-state index in [1.165, 1.54) is 98.9 Å². The van der Waals surface area contributed by atoms with Crippen molar-refractivity contribution in [2.24, 2.45) is 0 Å². The number of nitrogens with zero attached hydrogens (tertiary/aromatic N) is 4. The van der Waals surface area contributed by atoms with Crippen LogP contribution in [-0.2, 0) is 0 Å². The van der Waals surface area contributed by atoms with E-state index in [-0.39, 0.29) is 25.3 Å². The van der Waals surface area contributed by atoms with Gasteiger partial charge >= 0.3 is 0 Å². The largest absolute Gasteiger partial charge is 0.458 e. The Morgan fingerprint density at radius 3 is 1.30 bits per heavy atom. The molecule has 2 aromatic heterocycles. The molecule has 0 fully saturated rings. The number of fused-ring (bicyclic) bond motifs is 16. The van der Waals surface area contributed by atoms with Crippen molar-refractivity contribution in [3.63, 3.8) is 0 Å². The van der Waals surface area contributed by atoms with Gasteiger partial charge in [0, 0.05) is 84.5 Å². The first-order chi connectivity index (χ1) is 39.4. The first kappa shape index (κ1) is 45.4. The van der Waals surface area contributed by atoms with Crippen molar-refractivity contribution in [2.45, 2.75) is 39.5 Å². The number of anilines is 8. The monoisotopic (exact) mass is 1030 g/mol. The zero-order valence-electron chi connectivity index (χ0n) is 44.9. The highest BCUT2D eigenvalue weighted by Crippen LogP contribution is 2.47. The topological polar surface area (TPSA) is 37.6 Å². The molecule has 0 unspecified atom stereocenters. The molecule has 0 saturated carbocycles. The van der Waals surface area contributed by atoms with Gasteiger partial charge in [-0.15, -0.1) is 0 Å². The van der Waals surface area contributed by atoms with E-state index < -0.39 is 0 Å². The summed E-state index contributed by atoms with van der Waals surface area (Å²) in [6.45, 7) is 9.13. The Bertz CT molecular complexity index is 4360. The fourth-order valence-corrected chi connectivity index (χ4v) is 14.5. The molecule has 0 radical (unpaired) electrons. The van der Waals surface area contributed by atoms with E-state index in [4.69, 9.17) is 4.74 Å². The minimum Gasteiger partial charge on any atom is -0.458 e. The fourth-order valence-electron chi connectivity index (χ4n) is 14.5. The molecular formula is C72H53B2N5O. The first-order valence-corrected chi connectivity index (χ1v) is 28.3. The van der Waals surface area contributed by atoms with E-state index in [9.17, 15) is 0 Å². The van der Waals surface area contributed by atoms with Crippen LogP contribution in [0.5, 0.6) is 11.5 Å². The summed E-state index contributed by atoms with van der Waals surface area (Å²) < 4.78 is 12.6. The van der Waals surface area contributed by atoms with Crippen LogP contribution < -0.4 is 52.6 Å². The van der Waals surface area contributed by atoms with Gasteiger partial charge in [0.05, 0.1) is 22.1 Å². The zero-order chi connectivity index (χ0) is 53.1. The SMILES string of the molecule is CC(C)c1cc2c3c4c1c1ccccc1n4-c1cc(N(c4ccccc4)c4ccccc4)ccc1B3c1cc3c(cc1N2)Oc1cc(C(C)C)c2c4ccccc4n4c2c1B3c1ccc(N(c2ccccc2)c2ccccc2)cc1-4. The van der Waals surface area contributed by atoms with Gasteiger partial charge in [0.15, 0.2) is 0 Å². The minimum absolute atomic E-state index is 0.0788. The fraction of sp³-hybridized carbons (Fsp3) is 0.0833. The third-order valence-corrected chi connectivity index (χ3v) is 17.8. The van der Waals surface area contributed by atoms with Crippen LogP contribution >= 0.6 is 0 Å². The van der Waals surface area contributed by atoms with Crippen LogP contribution in [0.25, 0.3) is 55.0 Å². The number of nitrogens with one attached hydrogen (secondary N) is 1. The third-order valence-electron chi connectivity index (χ3n) is 17.8. The average Bonchev–Trinajstić information content (AvgIpc) is 4.21. The Morgan fingerprint density at radius 1 is 0.375 bits per heavy atom. The summed E-state index contributed by atoms with van der Waals surface area (Å²) >= 11 is 0. The van der Waals surface area contributed by atoms with E-state index in [0.717, 1.165) is 57.0 Å². The highest BCUT2D eigenvalue weighted by atomic mass is 16.5. The molecular weight excluding hydrogens is 972 g/mol. The van der Waals surface area contributed by atoms with Crippen LogP contribution in [0, 0.1) is 0 Å². The van der Waals surface area contributed by atoms with Crippen molar-refractivity contribution in [1.29, 1.82) is 0 Å². The lowest BCUT2D eigenvalue weighted by Gasteiger charge is -2.38. The van der Waals surface area contributed by atoms with Crippen molar-refractivity contribution in [3.8, 4) is 22.9 Å². The smallest absolute Gasteiger partial charge is 0.256 e. The molecule has 0 amide bonds. The zero-order valence-corrected chi connectivity index (χ0v) is 44.9. The number of para-hydroxylation sites is 6. The van der Waals surface area contributed by atoms with Crippen LogP contribution in [0.1, 0.15) is 50.7 Å². The predicted molar refractivity (Wildman–Crippen MR) is 338 cm³/mol. The number of benzene rings is 11. The molecule has 0 spiro atoms. The molecule has 17 rings (SSSR count). The lowest BCUT2D eigenvalue weighted by Crippen LogP contribution is -2.63. The number of hydrogen-bond donors (Lipinski definition) is 1. The third kappa shape index (κ3) is 6.27. The van der Waals surface area contributed by atoms with Crippen molar-refractivity contribution < 1.29 is 4.74 Å². The van der Waals surface area contributed by atoms with Crippen LogP contribution in [0.3, 0.4) is 0 Å². The molecule has 378 valence electrons. The highest BCUT2D eigenvalue weighted by molar-refractivity contribution is 7.02. The lowest BCUT2D eigenvalue weighted by atomic mass is 9.31. The second kappa shape index (κ2) is 16.9. The summed E-state index contributed by atoms with van der Waals surface area (Å²) in [5.41, 5.74) is 26.4. The van der Waals surface area contributed by atoms with Gasteiger partial charge in [0.1, 0.15) is 11.5 Å². The van der Waals surface area contributed by atoms with E-state index >= 15 is 0 Å². The van der Waals surface area contributed by atoms with Crippen LogP contribution in [0.2, 0.25) is 0 Å². The maximum Gasteiger partial charge on any atom is 0.256 e. The van der Waals surface area contributed by atoms with Gasteiger partial charge in [-0.25, -0.2) is 0 Å². The Kier molecular flexibility index (Phi) is 9.60. The number of rotatable bonds is 8. The van der Waals surface area contributed by atoms with Crippen molar-refractivity contribution in [2.75, 3.05) is 15.1 Å². The lowest BCUT2D eigenvalue weighted by molar-refractivity contribution is 0.487. The van der Waals surface area contributed by atoms with Crippen molar-refractivity contribution >= 4 is 135 Å². The van der Waals surface area contributed by atoms with Crippen molar-refractivity contribution in [1.82, 2.24) is 9.13 Å². The molecule has 80 heavy (non-hydrogen) atoms. The standard InChI is InChI=1S/C72H53B2N5O/c1-43(2)53-39-60-69-71-67(53)51-29-17-19-31-61(51)78(71)63-37-49(76(45-21-9-5-10-22-45)46-23-11-6-12-24-46)33-35-55(63)73(69)57-41-58-65(42-59(57)75-60)80-66-40-54(44(3)4)68-52-30-18-20-32-62(52)79-64-38-50(34-36-56(64)74(58)70(66)72(68)79)77(47-25-13-7-14-26-47)48-27-15-8-16-28-48/h5-44,75H,1-4H3. The maximum atomic E-state index is 7.46. The van der Waals surface area contributed by atoms with Crippen LogP contribution in [0.15, 0.2) is 231 Å². The summed E-state index contributed by atoms with van der Waals surface area (Å²) in [6.07, 6.45) is 0.